The summed E-state index contributed by atoms with van der Waals surface area (Å²) in [7, 11) is 0. The molecule has 0 aliphatic heterocycles. The van der Waals surface area contributed by atoms with Crippen molar-refractivity contribution in [2.45, 2.75) is 38.8 Å². The molecule has 1 nitrogen and oxygen atoms in total. The van der Waals surface area contributed by atoms with E-state index in [-0.39, 0.29) is 0 Å². The van der Waals surface area contributed by atoms with Crippen molar-refractivity contribution in [2.24, 2.45) is 5.92 Å². The number of hydrogen-bond acceptors (Lipinski definition) is 1. The highest BCUT2D eigenvalue weighted by Gasteiger charge is 2.23. The van der Waals surface area contributed by atoms with Crippen molar-refractivity contribution in [1.82, 2.24) is 5.32 Å². The van der Waals surface area contributed by atoms with Gasteiger partial charge in [-0.25, -0.2) is 0 Å². The molecular weight excluding hydrogens is 286 g/mol. The fraction of sp³-hybridized carbons (Fsp3) is 0.538. The molecule has 1 aliphatic carbocycles. The van der Waals surface area contributed by atoms with Crippen LogP contribution in [0.4, 0.5) is 0 Å². The van der Waals surface area contributed by atoms with Crippen LogP contribution in [0.1, 0.15) is 31.7 Å². The number of nitrogens with one attached hydrogen (secondary N) is 1. The van der Waals surface area contributed by atoms with E-state index < -0.39 is 0 Å². The van der Waals surface area contributed by atoms with Gasteiger partial charge in [-0.2, -0.15) is 0 Å². The molecule has 1 atom stereocenters. The van der Waals surface area contributed by atoms with E-state index in [0.29, 0.717) is 6.04 Å². The molecule has 0 spiro atoms. The van der Waals surface area contributed by atoms with E-state index in [1.807, 2.05) is 12.1 Å². The Morgan fingerprint density at radius 1 is 1.50 bits per heavy atom. The fourth-order valence-corrected chi connectivity index (χ4v) is 2.48. The molecule has 2 rings (SSSR count). The molecule has 0 aromatic heterocycles. The van der Waals surface area contributed by atoms with Gasteiger partial charge in [0, 0.05) is 17.1 Å². The Balaban J connectivity index is 1.86. The highest BCUT2D eigenvalue weighted by Crippen LogP contribution is 2.29. The third-order valence-electron chi connectivity index (χ3n) is 3.47. The van der Waals surface area contributed by atoms with E-state index in [4.69, 9.17) is 11.6 Å². The van der Waals surface area contributed by atoms with Crippen molar-refractivity contribution >= 4 is 27.5 Å². The predicted octanol–water partition coefficient (Wildman–Crippen LogP) is 4.38. The summed E-state index contributed by atoms with van der Waals surface area (Å²) in [6.45, 7) is 3.19. The first-order valence-electron chi connectivity index (χ1n) is 5.84. The molecular formula is C13H17BrClN. The lowest BCUT2D eigenvalue weighted by molar-refractivity contribution is 0.240. The molecule has 16 heavy (non-hydrogen) atoms. The molecule has 1 unspecified atom stereocenters. The maximum Gasteiger partial charge on any atom is 0.0551 e. The van der Waals surface area contributed by atoms with Crippen LogP contribution in [0.2, 0.25) is 5.02 Å². The van der Waals surface area contributed by atoms with E-state index in [2.05, 4.69) is 34.2 Å². The molecule has 1 aliphatic rings. The second-order valence-electron chi connectivity index (χ2n) is 4.61. The maximum absolute atomic E-state index is 6.06. The van der Waals surface area contributed by atoms with Crippen molar-refractivity contribution in [1.29, 1.82) is 0 Å². The third kappa shape index (κ3) is 2.99. The van der Waals surface area contributed by atoms with E-state index in [1.165, 1.54) is 24.8 Å². The molecule has 1 aromatic rings. The number of rotatable bonds is 4. The fourth-order valence-electron chi connectivity index (χ4n) is 2.03. The summed E-state index contributed by atoms with van der Waals surface area (Å²) < 4.78 is 0.963. The van der Waals surface area contributed by atoms with Gasteiger partial charge in [0.05, 0.1) is 5.02 Å². The van der Waals surface area contributed by atoms with Crippen LogP contribution >= 0.6 is 27.5 Å². The Morgan fingerprint density at radius 2 is 2.25 bits per heavy atom. The quantitative estimate of drug-likeness (QED) is 0.870. The van der Waals surface area contributed by atoms with Crippen LogP contribution < -0.4 is 5.32 Å². The zero-order valence-corrected chi connectivity index (χ0v) is 11.8. The van der Waals surface area contributed by atoms with Crippen LogP contribution in [0, 0.1) is 5.92 Å². The van der Waals surface area contributed by atoms with Crippen LogP contribution in [0.15, 0.2) is 22.7 Å². The Hall–Kier alpha value is -0.0500. The molecule has 0 radical (unpaired) electrons. The van der Waals surface area contributed by atoms with Gasteiger partial charge in [-0.15, -0.1) is 0 Å². The number of benzene rings is 1. The summed E-state index contributed by atoms with van der Waals surface area (Å²) in [6.07, 6.45) is 4.17. The standard InChI is InChI=1S/C13H17BrClN/c1-9(11-3-2-4-11)16-8-10-5-6-12(14)13(15)7-10/h5-7,9,11,16H,2-4,8H2,1H3. The van der Waals surface area contributed by atoms with Crippen molar-refractivity contribution in [3.8, 4) is 0 Å². The Labute approximate surface area is 111 Å². The van der Waals surface area contributed by atoms with Crippen LogP contribution in [-0.2, 0) is 6.54 Å². The summed E-state index contributed by atoms with van der Waals surface area (Å²) in [6, 6.07) is 6.76. The van der Waals surface area contributed by atoms with E-state index in [0.717, 1.165) is 22.0 Å². The van der Waals surface area contributed by atoms with Crippen LogP contribution in [0.3, 0.4) is 0 Å². The Kier molecular flexibility index (Phi) is 4.28. The van der Waals surface area contributed by atoms with E-state index >= 15 is 0 Å². The maximum atomic E-state index is 6.06. The summed E-state index contributed by atoms with van der Waals surface area (Å²) in [4.78, 5) is 0. The smallest absolute Gasteiger partial charge is 0.0551 e. The highest BCUT2D eigenvalue weighted by molar-refractivity contribution is 9.10. The number of halogens is 2. The zero-order chi connectivity index (χ0) is 11.5. The largest absolute Gasteiger partial charge is 0.310 e. The highest BCUT2D eigenvalue weighted by atomic mass is 79.9. The molecule has 0 heterocycles. The Bertz CT molecular complexity index is 363. The van der Waals surface area contributed by atoms with Crippen molar-refractivity contribution < 1.29 is 0 Å². The molecule has 3 heteroatoms. The first-order chi connectivity index (χ1) is 7.66. The molecule has 88 valence electrons. The van der Waals surface area contributed by atoms with Crippen LogP contribution in [0.5, 0.6) is 0 Å². The van der Waals surface area contributed by atoms with Gasteiger partial charge in [-0.05, 0) is 59.3 Å². The lowest BCUT2D eigenvalue weighted by Gasteiger charge is -2.32. The first kappa shape index (κ1) is 12.4. The van der Waals surface area contributed by atoms with Crippen molar-refractivity contribution in [2.75, 3.05) is 0 Å². The third-order valence-corrected chi connectivity index (χ3v) is 4.70. The van der Waals surface area contributed by atoms with Crippen molar-refractivity contribution in [3.05, 3.63) is 33.3 Å². The molecule has 0 saturated heterocycles. The minimum absolute atomic E-state index is 0.621. The second kappa shape index (κ2) is 5.52. The van der Waals surface area contributed by atoms with Crippen LogP contribution in [-0.4, -0.2) is 6.04 Å². The average molecular weight is 303 g/mol. The molecule has 0 amide bonds. The van der Waals surface area contributed by atoms with Gasteiger partial charge in [0.2, 0.25) is 0 Å². The minimum Gasteiger partial charge on any atom is -0.310 e. The monoisotopic (exact) mass is 301 g/mol. The topological polar surface area (TPSA) is 12.0 Å². The molecule has 1 saturated carbocycles. The predicted molar refractivity (Wildman–Crippen MR) is 72.8 cm³/mol. The summed E-state index contributed by atoms with van der Waals surface area (Å²) in [5, 5.41) is 4.36. The zero-order valence-electron chi connectivity index (χ0n) is 9.47. The van der Waals surface area contributed by atoms with Crippen molar-refractivity contribution in [3.63, 3.8) is 0 Å². The normalized spacial score (nSPS) is 18.2. The molecule has 0 bridgehead atoms. The molecule has 1 aromatic carbocycles. The summed E-state index contributed by atoms with van der Waals surface area (Å²) in [5.74, 6) is 0.880. The van der Waals surface area contributed by atoms with Gasteiger partial charge < -0.3 is 5.32 Å². The van der Waals surface area contributed by atoms with Gasteiger partial charge in [-0.1, -0.05) is 24.1 Å². The summed E-state index contributed by atoms with van der Waals surface area (Å²) >= 11 is 9.46. The van der Waals surface area contributed by atoms with Gasteiger partial charge >= 0.3 is 0 Å². The Morgan fingerprint density at radius 3 is 2.81 bits per heavy atom. The lowest BCUT2D eigenvalue weighted by atomic mass is 9.80. The average Bonchev–Trinajstić information content (AvgIpc) is 2.17. The second-order valence-corrected chi connectivity index (χ2v) is 5.87. The van der Waals surface area contributed by atoms with Gasteiger partial charge in [0.15, 0.2) is 0 Å². The molecule has 1 N–H and O–H groups in total. The minimum atomic E-state index is 0.621. The number of hydrogen-bond donors (Lipinski definition) is 1. The SMILES string of the molecule is CC(NCc1ccc(Br)c(Cl)c1)C1CCC1. The summed E-state index contributed by atoms with van der Waals surface area (Å²) in [5.41, 5.74) is 1.25. The van der Waals surface area contributed by atoms with Gasteiger partial charge in [0.1, 0.15) is 0 Å². The first-order valence-corrected chi connectivity index (χ1v) is 7.01. The van der Waals surface area contributed by atoms with E-state index in [1.54, 1.807) is 0 Å². The van der Waals surface area contributed by atoms with Gasteiger partial charge in [0.25, 0.3) is 0 Å². The molecule has 1 fully saturated rings. The lowest BCUT2D eigenvalue weighted by Crippen LogP contribution is -2.36. The van der Waals surface area contributed by atoms with Gasteiger partial charge in [-0.3, -0.25) is 0 Å². The van der Waals surface area contributed by atoms with E-state index in [9.17, 15) is 0 Å². The van der Waals surface area contributed by atoms with Crippen LogP contribution in [0.25, 0.3) is 0 Å².